The highest BCUT2D eigenvalue weighted by atomic mass is 32.2. The predicted molar refractivity (Wildman–Crippen MR) is 79.5 cm³/mol. The monoisotopic (exact) mass is 272 g/mol. The molecular weight excluding hydrogens is 252 g/mol. The van der Waals surface area contributed by atoms with Crippen molar-refractivity contribution in [3.8, 4) is 0 Å². The first-order valence-corrected chi connectivity index (χ1v) is 8.23. The van der Waals surface area contributed by atoms with Gasteiger partial charge in [-0.2, -0.15) is 0 Å². The van der Waals surface area contributed by atoms with Gasteiger partial charge in [-0.25, -0.2) is 0 Å². The van der Waals surface area contributed by atoms with E-state index in [2.05, 4.69) is 9.63 Å². The van der Waals surface area contributed by atoms with Gasteiger partial charge in [0, 0.05) is 16.7 Å². The first-order chi connectivity index (χ1) is 9.31. The molecule has 3 heteroatoms. The average Bonchev–Trinajstić information content (AvgIpc) is 2.38. The molecule has 5 rings (SSSR count). The van der Waals surface area contributed by atoms with Crippen molar-refractivity contribution < 1.29 is 0 Å². The number of hydrogen-bond donors (Lipinski definition) is 0. The topological polar surface area (TPSA) is 24.7 Å². The van der Waals surface area contributed by atoms with Crippen molar-refractivity contribution in [2.24, 2.45) is 27.4 Å². The molecule has 0 aliphatic heterocycles. The van der Waals surface area contributed by atoms with Crippen LogP contribution >= 0.6 is 11.9 Å². The minimum Gasteiger partial charge on any atom is -0.144 e. The van der Waals surface area contributed by atoms with Gasteiger partial charge >= 0.3 is 0 Å². The summed E-state index contributed by atoms with van der Waals surface area (Å²) < 4.78 is 4.91. The molecule has 0 unspecified atom stereocenters. The summed E-state index contributed by atoms with van der Waals surface area (Å²) in [5, 5.41) is 4.37. The smallest absolute Gasteiger partial charge is 0.0863 e. The minimum absolute atomic E-state index is 0.438. The van der Waals surface area contributed by atoms with Crippen LogP contribution in [0.3, 0.4) is 0 Å². The lowest BCUT2D eigenvalue weighted by Crippen LogP contribution is -2.48. The Labute approximate surface area is 119 Å². The van der Waals surface area contributed by atoms with E-state index in [0.717, 1.165) is 23.4 Å². The Hall–Kier alpha value is -0.830. The number of nitrogens with zero attached hydrogens (tertiary/aromatic N) is 2. The van der Waals surface area contributed by atoms with Crippen LogP contribution in [0.4, 0.5) is 5.69 Å². The lowest BCUT2D eigenvalue weighted by atomic mass is 9.56. The van der Waals surface area contributed by atoms with Gasteiger partial charge in [0.2, 0.25) is 0 Å². The molecule has 4 aliphatic carbocycles. The molecule has 100 valence electrons. The highest BCUT2D eigenvalue weighted by Gasteiger charge is 2.51. The van der Waals surface area contributed by atoms with E-state index >= 15 is 0 Å². The molecule has 1 aromatic rings. The molecule has 0 saturated heterocycles. The SMILES string of the molecule is c1ccc(/N=N/SC23CC4CC(CC(C4)C2)C3)cc1. The zero-order chi connectivity index (χ0) is 12.7. The Kier molecular flexibility index (Phi) is 2.91. The molecule has 4 bridgehead atoms. The van der Waals surface area contributed by atoms with Crippen LogP contribution in [0.2, 0.25) is 0 Å². The predicted octanol–water partition coefficient (Wildman–Crippen LogP) is 5.39. The summed E-state index contributed by atoms with van der Waals surface area (Å²) in [7, 11) is 0. The molecule has 0 atom stereocenters. The van der Waals surface area contributed by atoms with Crippen LogP contribution in [-0.2, 0) is 0 Å². The first-order valence-electron chi connectivity index (χ1n) is 7.46. The van der Waals surface area contributed by atoms with Crippen LogP contribution in [0.25, 0.3) is 0 Å². The zero-order valence-electron chi connectivity index (χ0n) is 11.2. The third-order valence-corrected chi connectivity index (χ3v) is 6.18. The van der Waals surface area contributed by atoms with E-state index in [0.29, 0.717) is 4.75 Å². The van der Waals surface area contributed by atoms with Crippen molar-refractivity contribution in [3.63, 3.8) is 0 Å². The number of rotatable bonds is 3. The van der Waals surface area contributed by atoms with E-state index in [1.165, 1.54) is 38.5 Å². The van der Waals surface area contributed by atoms with Crippen LogP contribution in [0, 0.1) is 17.8 Å². The number of hydrogen-bond acceptors (Lipinski definition) is 3. The second kappa shape index (κ2) is 4.62. The van der Waals surface area contributed by atoms with Gasteiger partial charge in [0.25, 0.3) is 0 Å². The second-order valence-electron chi connectivity index (χ2n) is 6.71. The molecule has 2 nitrogen and oxygen atoms in total. The fraction of sp³-hybridized carbons (Fsp3) is 0.625. The molecule has 4 aliphatic rings. The van der Waals surface area contributed by atoms with E-state index < -0.39 is 0 Å². The maximum Gasteiger partial charge on any atom is 0.0863 e. The van der Waals surface area contributed by atoms with E-state index in [4.69, 9.17) is 0 Å². The van der Waals surface area contributed by atoms with Crippen molar-refractivity contribution in [2.75, 3.05) is 0 Å². The molecule has 0 spiro atoms. The zero-order valence-corrected chi connectivity index (χ0v) is 12.0. The third-order valence-electron chi connectivity index (χ3n) is 5.13. The summed E-state index contributed by atoms with van der Waals surface area (Å²) in [6.07, 6.45) is 8.65. The van der Waals surface area contributed by atoms with Crippen LogP contribution in [-0.4, -0.2) is 4.75 Å². The Morgan fingerprint density at radius 3 is 2.05 bits per heavy atom. The van der Waals surface area contributed by atoms with Gasteiger partial charge in [-0.3, -0.25) is 0 Å². The standard InChI is InChI=1S/C16H20N2S/c1-2-4-15(5-3-1)17-18-19-16-9-12-6-13(10-16)8-14(7-12)11-16/h1-5,12-14H,6-11H2/b18-17+. The molecular formula is C16H20N2S. The molecule has 0 heterocycles. The quantitative estimate of drug-likeness (QED) is 0.535. The van der Waals surface area contributed by atoms with E-state index in [-0.39, 0.29) is 0 Å². The molecule has 1 aromatic carbocycles. The third kappa shape index (κ3) is 2.33. The van der Waals surface area contributed by atoms with Crippen LogP contribution < -0.4 is 0 Å². The van der Waals surface area contributed by atoms with Crippen molar-refractivity contribution in [1.82, 2.24) is 0 Å². The van der Waals surface area contributed by atoms with E-state index in [1.807, 2.05) is 30.3 Å². The molecule has 4 saturated carbocycles. The van der Waals surface area contributed by atoms with Crippen LogP contribution in [0.1, 0.15) is 38.5 Å². The second-order valence-corrected chi connectivity index (χ2v) is 7.92. The van der Waals surface area contributed by atoms with Crippen molar-refractivity contribution >= 4 is 17.6 Å². The highest BCUT2D eigenvalue weighted by molar-refractivity contribution is 7.99. The van der Waals surface area contributed by atoms with Gasteiger partial charge in [0.1, 0.15) is 0 Å². The van der Waals surface area contributed by atoms with Gasteiger partial charge in [-0.05, 0) is 68.4 Å². The first kappa shape index (κ1) is 12.0. The van der Waals surface area contributed by atoms with E-state index in [9.17, 15) is 0 Å². The van der Waals surface area contributed by atoms with Crippen molar-refractivity contribution in [2.45, 2.75) is 43.3 Å². The van der Waals surface area contributed by atoms with Crippen molar-refractivity contribution in [1.29, 1.82) is 0 Å². The Morgan fingerprint density at radius 2 is 1.47 bits per heavy atom. The lowest BCUT2D eigenvalue weighted by Gasteiger charge is -2.55. The van der Waals surface area contributed by atoms with Gasteiger partial charge in [-0.15, -0.1) is 9.63 Å². The van der Waals surface area contributed by atoms with Gasteiger partial charge in [0.05, 0.1) is 5.69 Å². The summed E-state index contributed by atoms with van der Waals surface area (Å²) in [5.41, 5.74) is 0.972. The summed E-state index contributed by atoms with van der Waals surface area (Å²) in [6, 6.07) is 10.1. The Morgan fingerprint density at radius 1 is 0.895 bits per heavy atom. The summed E-state index contributed by atoms with van der Waals surface area (Å²) in [5.74, 6) is 2.97. The summed E-state index contributed by atoms with van der Waals surface area (Å²) in [6.45, 7) is 0. The minimum atomic E-state index is 0.438. The lowest BCUT2D eigenvalue weighted by molar-refractivity contribution is 0.0383. The molecule has 4 fully saturated rings. The largest absolute Gasteiger partial charge is 0.144 e. The number of benzene rings is 1. The molecule has 0 N–H and O–H groups in total. The molecule has 0 amide bonds. The maximum absolute atomic E-state index is 4.47. The fourth-order valence-electron chi connectivity index (χ4n) is 4.79. The molecule has 0 radical (unpaired) electrons. The molecule has 0 aromatic heterocycles. The van der Waals surface area contributed by atoms with Gasteiger partial charge in [-0.1, -0.05) is 18.2 Å². The summed E-state index contributed by atoms with van der Waals surface area (Å²) >= 11 is 1.79. The highest BCUT2D eigenvalue weighted by Crippen LogP contribution is 2.60. The fourth-order valence-corrected chi connectivity index (χ4v) is 6.03. The summed E-state index contributed by atoms with van der Waals surface area (Å²) in [4.78, 5) is 0. The Balaban J connectivity index is 1.47. The maximum atomic E-state index is 4.47. The van der Waals surface area contributed by atoms with Gasteiger partial charge < -0.3 is 0 Å². The Bertz CT molecular complexity index is 447. The average molecular weight is 272 g/mol. The van der Waals surface area contributed by atoms with Crippen LogP contribution in [0.15, 0.2) is 40.0 Å². The van der Waals surface area contributed by atoms with Gasteiger partial charge in [0.15, 0.2) is 0 Å². The van der Waals surface area contributed by atoms with Crippen molar-refractivity contribution in [3.05, 3.63) is 30.3 Å². The normalized spacial score (nSPS) is 40.1. The van der Waals surface area contributed by atoms with Crippen LogP contribution in [0.5, 0.6) is 0 Å². The molecule has 19 heavy (non-hydrogen) atoms. The van der Waals surface area contributed by atoms with E-state index in [1.54, 1.807) is 11.9 Å².